The lowest BCUT2D eigenvalue weighted by molar-refractivity contribution is -0.0373. The molecule has 1 aromatic rings. The summed E-state index contributed by atoms with van der Waals surface area (Å²) < 4.78 is 7.81. The highest BCUT2D eigenvalue weighted by atomic mass is 16.5. The summed E-state index contributed by atoms with van der Waals surface area (Å²) in [6.07, 6.45) is 4.09. The molecule has 1 atom stereocenters. The molecule has 1 aromatic heterocycles. The SMILES string of the molecule is CC(C)N1CCOC(CNCc2nccn2C)C1. The fourth-order valence-corrected chi connectivity index (χ4v) is 2.25. The Morgan fingerprint density at radius 1 is 1.56 bits per heavy atom. The van der Waals surface area contributed by atoms with Crippen molar-refractivity contribution in [3.05, 3.63) is 18.2 Å². The lowest BCUT2D eigenvalue weighted by Gasteiger charge is -2.35. The van der Waals surface area contributed by atoms with Crippen LogP contribution < -0.4 is 5.32 Å². The van der Waals surface area contributed by atoms with Crippen molar-refractivity contribution in [3.63, 3.8) is 0 Å². The lowest BCUT2D eigenvalue weighted by Crippen LogP contribution is -2.49. The van der Waals surface area contributed by atoms with E-state index in [9.17, 15) is 0 Å². The molecular formula is C13H24N4O. The van der Waals surface area contributed by atoms with Gasteiger partial charge in [0.2, 0.25) is 0 Å². The minimum absolute atomic E-state index is 0.293. The Kier molecular flexibility index (Phi) is 4.74. The molecule has 5 heteroatoms. The zero-order valence-electron chi connectivity index (χ0n) is 11.6. The van der Waals surface area contributed by atoms with Crippen LogP contribution in [0.2, 0.25) is 0 Å². The summed E-state index contributed by atoms with van der Waals surface area (Å²) in [6.45, 7) is 9.07. The van der Waals surface area contributed by atoms with Crippen molar-refractivity contribution in [2.75, 3.05) is 26.2 Å². The lowest BCUT2D eigenvalue weighted by atomic mass is 10.2. The second-order valence-electron chi connectivity index (χ2n) is 5.17. The molecule has 2 rings (SSSR count). The van der Waals surface area contributed by atoms with Crippen LogP contribution in [0.1, 0.15) is 19.7 Å². The number of imidazole rings is 1. The Bertz CT molecular complexity index is 364. The predicted octanol–water partition coefficient (Wildman–Crippen LogP) is 0.619. The van der Waals surface area contributed by atoms with E-state index in [0.717, 1.165) is 38.6 Å². The van der Waals surface area contributed by atoms with E-state index in [1.54, 1.807) is 0 Å². The van der Waals surface area contributed by atoms with Gasteiger partial charge >= 0.3 is 0 Å². The van der Waals surface area contributed by atoms with Gasteiger partial charge in [0, 0.05) is 45.1 Å². The van der Waals surface area contributed by atoms with E-state index >= 15 is 0 Å². The van der Waals surface area contributed by atoms with Crippen molar-refractivity contribution in [2.24, 2.45) is 7.05 Å². The Hall–Kier alpha value is -0.910. The van der Waals surface area contributed by atoms with Crippen molar-refractivity contribution in [2.45, 2.75) is 32.5 Å². The number of aromatic nitrogens is 2. The summed E-state index contributed by atoms with van der Waals surface area (Å²) in [6, 6.07) is 0.603. The van der Waals surface area contributed by atoms with Crippen molar-refractivity contribution in [1.82, 2.24) is 19.8 Å². The number of hydrogen-bond donors (Lipinski definition) is 1. The van der Waals surface area contributed by atoms with Gasteiger partial charge in [0.05, 0.1) is 19.3 Å². The number of hydrogen-bond acceptors (Lipinski definition) is 4. The molecule has 0 saturated carbocycles. The number of aryl methyl sites for hydroxylation is 1. The summed E-state index contributed by atoms with van der Waals surface area (Å²) in [5, 5.41) is 3.42. The second kappa shape index (κ2) is 6.31. The standard InChI is InChI=1S/C13H24N4O/c1-11(2)17-6-7-18-12(10-17)8-14-9-13-15-4-5-16(13)3/h4-5,11-12,14H,6-10H2,1-3H3. The first-order valence-electron chi connectivity index (χ1n) is 6.69. The third kappa shape index (κ3) is 3.54. The number of ether oxygens (including phenoxy) is 1. The Labute approximate surface area is 109 Å². The van der Waals surface area contributed by atoms with Crippen LogP contribution in [-0.4, -0.2) is 52.8 Å². The van der Waals surface area contributed by atoms with Gasteiger partial charge < -0.3 is 14.6 Å². The first kappa shape index (κ1) is 13.5. The van der Waals surface area contributed by atoms with Gasteiger partial charge in [-0.15, -0.1) is 0 Å². The fraction of sp³-hybridized carbons (Fsp3) is 0.769. The van der Waals surface area contributed by atoms with Crippen LogP contribution >= 0.6 is 0 Å². The number of morpholine rings is 1. The average molecular weight is 252 g/mol. The van der Waals surface area contributed by atoms with Crippen molar-refractivity contribution in [1.29, 1.82) is 0 Å². The summed E-state index contributed by atoms with van der Waals surface area (Å²) in [4.78, 5) is 6.76. The van der Waals surface area contributed by atoms with E-state index < -0.39 is 0 Å². The zero-order valence-corrected chi connectivity index (χ0v) is 11.6. The Morgan fingerprint density at radius 3 is 3.06 bits per heavy atom. The molecule has 1 saturated heterocycles. The van der Waals surface area contributed by atoms with E-state index in [-0.39, 0.29) is 0 Å². The molecule has 1 N–H and O–H groups in total. The maximum atomic E-state index is 5.78. The van der Waals surface area contributed by atoms with Gasteiger partial charge in [0.15, 0.2) is 0 Å². The highest BCUT2D eigenvalue weighted by Gasteiger charge is 2.21. The van der Waals surface area contributed by atoms with Crippen LogP contribution in [-0.2, 0) is 18.3 Å². The minimum Gasteiger partial charge on any atom is -0.374 e. The highest BCUT2D eigenvalue weighted by Crippen LogP contribution is 2.08. The van der Waals surface area contributed by atoms with Crippen LogP contribution in [0.5, 0.6) is 0 Å². The summed E-state index contributed by atoms with van der Waals surface area (Å²) in [5.41, 5.74) is 0. The second-order valence-corrected chi connectivity index (χ2v) is 5.17. The van der Waals surface area contributed by atoms with Crippen LogP contribution in [0.15, 0.2) is 12.4 Å². The van der Waals surface area contributed by atoms with Crippen LogP contribution in [0, 0.1) is 0 Å². The van der Waals surface area contributed by atoms with Gasteiger partial charge in [0.1, 0.15) is 5.82 Å². The van der Waals surface area contributed by atoms with E-state index in [4.69, 9.17) is 4.74 Å². The molecule has 1 fully saturated rings. The molecule has 102 valence electrons. The van der Waals surface area contributed by atoms with Crippen molar-refractivity contribution < 1.29 is 4.74 Å². The smallest absolute Gasteiger partial charge is 0.122 e. The molecule has 0 radical (unpaired) electrons. The van der Waals surface area contributed by atoms with Gasteiger partial charge in [-0.05, 0) is 13.8 Å². The van der Waals surface area contributed by atoms with E-state index in [1.807, 2.05) is 24.0 Å². The fourth-order valence-electron chi connectivity index (χ4n) is 2.25. The molecule has 1 unspecified atom stereocenters. The average Bonchev–Trinajstić information content (AvgIpc) is 2.76. The van der Waals surface area contributed by atoms with Crippen molar-refractivity contribution in [3.8, 4) is 0 Å². The maximum Gasteiger partial charge on any atom is 0.122 e. The van der Waals surface area contributed by atoms with Gasteiger partial charge in [-0.2, -0.15) is 0 Å². The molecule has 0 amide bonds. The molecule has 0 spiro atoms. The third-order valence-electron chi connectivity index (χ3n) is 3.48. The molecule has 1 aliphatic heterocycles. The summed E-state index contributed by atoms with van der Waals surface area (Å²) in [5.74, 6) is 1.06. The van der Waals surface area contributed by atoms with Crippen LogP contribution in [0.4, 0.5) is 0 Å². The molecule has 0 aliphatic carbocycles. The Morgan fingerprint density at radius 2 is 2.39 bits per heavy atom. The van der Waals surface area contributed by atoms with Crippen LogP contribution in [0.3, 0.4) is 0 Å². The monoisotopic (exact) mass is 252 g/mol. The number of rotatable bonds is 5. The number of nitrogens with one attached hydrogen (secondary N) is 1. The third-order valence-corrected chi connectivity index (χ3v) is 3.48. The molecule has 0 aromatic carbocycles. The molecule has 5 nitrogen and oxygen atoms in total. The van der Waals surface area contributed by atoms with E-state index in [0.29, 0.717) is 12.1 Å². The number of nitrogens with zero attached hydrogens (tertiary/aromatic N) is 3. The summed E-state index contributed by atoms with van der Waals surface area (Å²) >= 11 is 0. The van der Waals surface area contributed by atoms with Gasteiger partial charge in [-0.1, -0.05) is 0 Å². The molecule has 0 bridgehead atoms. The topological polar surface area (TPSA) is 42.3 Å². The van der Waals surface area contributed by atoms with Crippen LogP contribution in [0.25, 0.3) is 0 Å². The van der Waals surface area contributed by atoms with Crippen molar-refractivity contribution >= 4 is 0 Å². The van der Waals surface area contributed by atoms with E-state index in [1.165, 1.54) is 0 Å². The summed E-state index contributed by atoms with van der Waals surface area (Å²) in [7, 11) is 2.02. The van der Waals surface area contributed by atoms with Gasteiger partial charge in [-0.3, -0.25) is 4.90 Å². The maximum absolute atomic E-state index is 5.78. The zero-order chi connectivity index (χ0) is 13.0. The normalized spacial score (nSPS) is 21.7. The Balaban J connectivity index is 1.72. The highest BCUT2D eigenvalue weighted by molar-refractivity contribution is 4.90. The first-order valence-corrected chi connectivity index (χ1v) is 6.69. The van der Waals surface area contributed by atoms with Gasteiger partial charge in [-0.25, -0.2) is 4.98 Å². The predicted molar refractivity (Wildman–Crippen MR) is 71.4 cm³/mol. The van der Waals surface area contributed by atoms with E-state index in [2.05, 4.69) is 29.0 Å². The molecular weight excluding hydrogens is 228 g/mol. The molecule has 2 heterocycles. The quantitative estimate of drug-likeness (QED) is 0.834. The minimum atomic E-state index is 0.293. The van der Waals surface area contributed by atoms with Gasteiger partial charge in [0.25, 0.3) is 0 Å². The largest absolute Gasteiger partial charge is 0.374 e. The first-order chi connectivity index (χ1) is 8.66. The molecule has 18 heavy (non-hydrogen) atoms. The molecule has 1 aliphatic rings.